The fraction of sp³-hybridized carbons (Fsp3) is 0.459. The number of Topliss-reactive ketones (excluding diaryl/α,β-unsaturated/α-hetero) is 2. The molecule has 0 spiro atoms. The molecule has 0 aliphatic heterocycles. The minimum absolute atomic E-state index is 0. The molecule has 0 radical (unpaired) electrons. The summed E-state index contributed by atoms with van der Waals surface area (Å²) in [6, 6.07) is 23.3. The molecule has 0 bridgehead atoms. The number of hydrogen-bond donors (Lipinski definition) is 1. The standard InChI is InChI=1S/C37H49NO2.H2/c1-5-12-32(14-11-18-35(39)17-9-13-29-21-19-28(6-2)20-22-29)33-15-10-16-34(27-33)37(40)26-30-23-24-31(7-3)36(25-30)38-8-4;/h10,15-16,19-25,27,32,38H,5-9,11-14,17-18,26H2,1-4H3;1H. The number of rotatable bonds is 18. The predicted octanol–water partition coefficient (Wildman–Crippen LogP) is 9.56. The number of carbonyl (C=O) groups is 2. The van der Waals surface area contributed by atoms with Crippen molar-refractivity contribution in [3.63, 3.8) is 0 Å². The van der Waals surface area contributed by atoms with Crippen molar-refractivity contribution < 1.29 is 11.0 Å². The van der Waals surface area contributed by atoms with Gasteiger partial charge in [0.2, 0.25) is 0 Å². The Balaban J connectivity index is 0.00000588. The number of aryl methyl sites for hydroxylation is 3. The summed E-state index contributed by atoms with van der Waals surface area (Å²) in [5, 5.41) is 3.43. The molecule has 1 unspecified atom stereocenters. The molecule has 40 heavy (non-hydrogen) atoms. The van der Waals surface area contributed by atoms with Gasteiger partial charge in [0.1, 0.15) is 5.78 Å². The Morgan fingerprint density at radius 3 is 2.20 bits per heavy atom. The second kappa shape index (κ2) is 16.8. The van der Waals surface area contributed by atoms with Crippen LogP contribution in [0.3, 0.4) is 0 Å². The highest BCUT2D eigenvalue weighted by atomic mass is 16.1. The lowest BCUT2D eigenvalue weighted by Crippen LogP contribution is -2.08. The van der Waals surface area contributed by atoms with E-state index in [4.69, 9.17) is 0 Å². The van der Waals surface area contributed by atoms with Crippen LogP contribution in [0.25, 0.3) is 0 Å². The Morgan fingerprint density at radius 2 is 1.50 bits per heavy atom. The van der Waals surface area contributed by atoms with E-state index in [0.717, 1.165) is 74.7 Å². The first-order valence-corrected chi connectivity index (χ1v) is 15.6. The smallest absolute Gasteiger partial charge is 0.167 e. The Morgan fingerprint density at radius 1 is 0.775 bits per heavy atom. The van der Waals surface area contributed by atoms with Gasteiger partial charge in [-0.1, -0.05) is 81.8 Å². The molecule has 0 aromatic heterocycles. The SMILES string of the molecule is CCCC(CCCC(=O)CCCc1ccc(CC)cc1)c1cccc(C(=O)Cc2ccc(CC)c(NCC)c2)c1.[HH]. The van der Waals surface area contributed by atoms with E-state index in [1.54, 1.807) is 0 Å². The molecule has 0 amide bonds. The topological polar surface area (TPSA) is 46.2 Å². The monoisotopic (exact) mass is 541 g/mol. The van der Waals surface area contributed by atoms with Crippen molar-refractivity contribution in [2.75, 3.05) is 11.9 Å². The van der Waals surface area contributed by atoms with E-state index < -0.39 is 0 Å². The summed E-state index contributed by atoms with van der Waals surface area (Å²) < 4.78 is 0. The highest BCUT2D eigenvalue weighted by Crippen LogP contribution is 2.28. The predicted molar refractivity (Wildman–Crippen MR) is 172 cm³/mol. The Kier molecular flexibility index (Phi) is 13.2. The number of ketones is 2. The van der Waals surface area contributed by atoms with Crippen molar-refractivity contribution in [3.05, 3.63) is 100 Å². The van der Waals surface area contributed by atoms with E-state index in [1.165, 1.54) is 22.3 Å². The second-order valence-corrected chi connectivity index (χ2v) is 11.0. The van der Waals surface area contributed by atoms with Crippen LogP contribution < -0.4 is 5.32 Å². The summed E-state index contributed by atoms with van der Waals surface area (Å²) >= 11 is 0. The molecule has 0 saturated carbocycles. The van der Waals surface area contributed by atoms with Crippen molar-refractivity contribution in [1.29, 1.82) is 0 Å². The summed E-state index contributed by atoms with van der Waals surface area (Å²) in [7, 11) is 0. The van der Waals surface area contributed by atoms with Crippen molar-refractivity contribution in [3.8, 4) is 0 Å². The third-order valence-electron chi connectivity index (χ3n) is 7.96. The number of carbonyl (C=O) groups excluding carboxylic acids is 2. The van der Waals surface area contributed by atoms with E-state index in [1.807, 2.05) is 12.1 Å². The lowest BCUT2D eigenvalue weighted by atomic mass is 9.87. The molecule has 1 N–H and O–H groups in total. The minimum atomic E-state index is 0. The van der Waals surface area contributed by atoms with Crippen LogP contribution in [0.15, 0.2) is 66.7 Å². The first-order valence-electron chi connectivity index (χ1n) is 15.6. The van der Waals surface area contributed by atoms with Crippen molar-refractivity contribution >= 4 is 17.3 Å². The third kappa shape index (κ3) is 9.77. The van der Waals surface area contributed by atoms with Gasteiger partial charge < -0.3 is 5.32 Å². The molecule has 1 atom stereocenters. The van der Waals surface area contributed by atoms with E-state index in [9.17, 15) is 9.59 Å². The lowest BCUT2D eigenvalue weighted by molar-refractivity contribution is -0.119. The van der Waals surface area contributed by atoms with Gasteiger partial charge in [-0.05, 0) is 97.7 Å². The van der Waals surface area contributed by atoms with Crippen molar-refractivity contribution in [2.24, 2.45) is 0 Å². The highest BCUT2D eigenvalue weighted by molar-refractivity contribution is 5.97. The first kappa shape index (κ1) is 31.3. The summed E-state index contributed by atoms with van der Waals surface area (Å²) in [6.07, 6.45) is 9.68. The number of hydrogen-bond acceptors (Lipinski definition) is 3. The van der Waals surface area contributed by atoms with Gasteiger partial charge in [0.05, 0.1) is 0 Å². The molecule has 3 aromatic rings. The molecule has 0 saturated heterocycles. The lowest BCUT2D eigenvalue weighted by Gasteiger charge is -2.17. The van der Waals surface area contributed by atoms with Gasteiger partial charge >= 0.3 is 0 Å². The molecule has 0 heterocycles. The van der Waals surface area contributed by atoms with E-state index in [0.29, 0.717) is 31.0 Å². The molecular weight excluding hydrogens is 490 g/mol. The van der Waals surface area contributed by atoms with E-state index in [-0.39, 0.29) is 7.21 Å². The highest BCUT2D eigenvalue weighted by Gasteiger charge is 2.15. The average Bonchev–Trinajstić information content (AvgIpc) is 2.97. The van der Waals surface area contributed by atoms with Crippen LogP contribution in [0.5, 0.6) is 0 Å². The van der Waals surface area contributed by atoms with E-state index >= 15 is 0 Å². The fourth-order valence-electron chi connectivity index (χ4n) is 5.58. The van der Waals surface area contributed by atoms with Crippen LogP contribution in [-0.2, 0) is 30.5 Å². The van der Waals surface area contributed by atoms with Crippen LogP contribution in [0.1, 0.15) is 118 Å². The van der Waals surface area contributed by atoms with Gasteiger partial charge in [0.15, 0.2) is 5.78 Å². The van der Waals surface area contributed by atoms with Gasteiger partial charge in [-0.25, -0.2) is 0 Å². The van der Waals surface area contributed by atoms with Gasteiger partial charge in [-0.15, -0.1) is 0 Å². The van der Waals surface area contributed by atoms with E-state index in [2.05, 4.69) is 87.6 Å². The van der Waals surface area contributed by atoms with Gasteiger partial charge in [0.25, 0.3) is 0 Å². The summed E-state index contributed by atoms with van der Waals surface area (Å²) in [5.41, 5.74) is 8.15. The maximum Gasteiger partial charge on any atom is 0.167 e. The Hall–Kier alpha value is -3.20. The van der Waals surface area contributed by atoms with Crippen LogP contribution in [0, 0.1) is 0 Å². The minimum Gasteiger partial charge on any atom is -0.385 e. The number of nitrogens with one attached hydrogen (secondary N) is 1. The summed E-state index contributed by atoms with van der Waals surface area (Å²) in [6.45, 7) is 9.50. The molecule has 3 rings (SSSR count). The van der Waals surface area contributed by atoms with Crippen LogP contribution in [0.2, 0.25) is 0 Å². The molecule has 3 nitrogen and oxygen atoms in total. The number of anilines is 1. The largest absolute Gasteiger partial charge is 0.385 e. The number of benzene rings is 3. The molecule has 216 valence electrons. The first-order chi connectivity index (χ1) is 19.5. The van der Waals surface area contributed by atoms with Gasteiger partial charge in [-0.3, -0.25) is 9.59 Å². The Bertz CT molecular complexity index is 1220. The quantitative estimate of drug-likeness (QED) is 0.163. The third-order valence-corrected chi connectivity index (χ3v) is 7.96. The molecule has 0 aliphatic carbocycles. The maximum atomic E-state index is 13.2. The van der Waals surface area contributed by atoms with Crippen molar-refractivity contribution in [1.82, 2.24) is 0 Å². The molecule has 0 fully saturated rings. The van der Waals surface area contributed by atoms with Crippen LogP contribution >= 0.6 is 0 Å². The maximum absolute atomic E-state index is 13.2. The average molecular weight is 542 g/mol. The van der Waals surface area contributed by atoms with Gasteiger partial charge in [0, 0.05) is 38.5 Å². The molecule has 3 heteroatoms. The summed E-state index contributed by atoms with van der Waals surface area (Å²) in [4.78, 5) is 25.8. The zero-order valence-corrected chi connectivity index (χ0v) is 25.2. The molecule has 3 aromatic carbocycles. The second-order valence-electron chi connectivity index (χ2n) is 11.0. The van der Waals surface area contributed by atoms with Crippen LogP contribution in [0.4, 0.5) is 5.69 Å². The summed E-state index contributed by atoms with van der Waals surface area (Å²) in [5.74, 6) is 0.908. The van der Waals surface area contributed by atoms with Gasteiger partial charge in [-0.2, -0.15) is 0 Å². The normalized spacial score (nSPS) is 11.8. The fourth-order valence-corrected chi connectivity index (χ4v) is 5.58. The van der Waals surface area contributed by atoms with Crippen LogP contribution in [-0.4, -0.2) is 18.1 Å². The molecular formula is C37H51NO2. The zero-order valence-electron chi connectivity index (χ0n) is 25.2. The zero-order chi connectivity index (χ0) is 28.7. The van der Waals surface area contributed by atoms with Crippen molar-refractivity contribution in [2.45, 2.75) is 104 Å². The molecule has 0 aliphatic rings. The Labute approximate surface area is 244 Å².